The lowest BCUT2D eigenvalue weighted by atomic mass is 9.74. The summed E-state index contributed by atoms with van der Waals surface area (Å²) in [5, 5.41) is 7.90. The summed E-state index contributed by atoms with van der Waals surface area (Å²) in [6, 6.07) is -12.6. The van der Waals surface area contributed by atoms with Crippen LogP contribution in [-0.2, 0) is 57.5 Å². The molecule has 3 N–H and O–H groups in total. The van der Waals surface area contributed by atoms with Crippen molar-refractivity contribution in [3.05, 3.63) is 12.2 Å². The van der Waals surface area contributed by atoms with Crippen molar-refractivity contribution in [3.8, 4) is 0 Å². The number of nitrogens with one attached hydrogen (secondary N) is 3. The van der Waals surface area contributed by atoms with Crippen molar-refractivity contribution < 1.29 is 101 Å². The number of carbonyl (C=O) groups is 12. The van der Waals surface area contributed by atoms with Gasteiger partial charge in [0, 0.05) is 68.8 Å². The van der Waals surface area contributed by atoms with E-state index >= 15 is 41.5 Å². The minimum atomic E-state index is -5.28. The van der Waals surface area contributed by atoms with Gasteiger partial charge in [-0.15, -0.1) is 0 Å². The first-order valence-corrected chi connectivity index (χ1v) is 38.3. The second-order valence-corrected chi connectivity index (χ2v) is 32.0. The van der Waals surface area contributed by atoms with Gasteiger partial charge in [0.05, 0.1) is 32.0 Å². The van der Waals surface area contributed by atoms with E-state index in [0.717, 1.165) is 31.5 Å². The van der Waals surface area contributed by atoms with Crippen LogP contribution < -0.4 is 16.0 Å². The van der Waals surface area contributed by atoms with Gasteiger partial charge in [0.2, 0.25) is 70.9 Å². The maximum absolute atomic E-state index is 16.2. The molecule has 0 aromatic rings. The van der Waals surface area contributed by atoms with Crippen LogP contribution in [0.3, 0.4) is 0 Å². The molecule has 1 spiro atoms. The van der Waals surface area contributed by atoms with E-state index < -0.39 is 249 Å². The van der Waals surface area contributed by atoms with Crippen LogP contribution >= 0.6 is 0 Å². The van der Waals surface area contributed by atoms with E-state index in [1.165, 1.54) is 57.0 Å². The molecule has 8 rings (SSSR count). The number of rotatable bonds is 12. The largest absolute Gasteiger partial charge is 0.397 e. The number of likely N-dealkylation sites (N-methyl/N-ethyl adjacent to an activating group) is 7. The lowest BCUT2D eigenvalue weighted by Crippen LogP contribution is -2.68. The number of hydrogen-bond donors (Lipinski definition) is 3. The van der Waals surface area contributed by atoms with Gasteiger partial charge in [0.1, 0.15) is 72.1 Å². The van der Waals surface area contributed by atoms with Crippen LogP contribution in [0.5, 0.6) is 0 Å². The third kappa shape index (κ3) is 20.4. The SMILES string of the molecule is CC[C@H](C)[C@@H]1NC(=O)[C@H](CC2CC2)N(C)C(=O)C[C@@H](C(=O)N(C)CC)N(C)C(=O)[C@H](C2CCCC2)N(C)C(=O)C2(CCC2)NC(=O)[C@@H]2CC(F)(F)CN2C(=O)[C@H](CCC2CC(F)C(C(F)(F)F)C(F)C2)NC(=O)CN(C)C(=O)[C@H](CC2CCC(C(F)(F)F)CC2)N2CC/C=C\C[C@@H](C2=O)N(C)C(=O)CN(C)C1=O. The van der Waals surface area contributed by atoms with E-state index in [0.29, 0.717) is 49.8 Å². The van der Waals surface area contributed by atoms with Gasteiger partial charge in [-0.25, -0.2) is 17.6 Å². The molecule has 3 aliphatic heterocycles. The average molecular weight is 1550 g/mol. The summed E-state index contributed by atoms with van der Waals surface area (Å²) in [5.74, 6) is -22.5. The highest BCUT2D eigenvalue weighted by molar-refractivity contribution is 6.01. The Morgan fingerprint density at radius 1 is 0.620 bits per heavy atom. The molecule has 608 valence electrons. The summed E-state index contributed by atoms with van der Waals surface area (Å²) in [5.41, 5.74) is -1.90. The van der Waals surface area contributed by atoms with Crippen molar-refractivity contribution in [2.45, 2.75) is 259 Å². The van der Waals surface area contributed by atoms with Gasteiger partial charge in [-0.1, -0.05) is 58.1 Å². The molecule has 12 amide bonds. The molecule has 24 nitrogen and oxygen atoms in total. The normalized spacial score (nSPS) is 32.4. The minimum absolute atomic E-state index is 0.0230. The molecule has 34 heteroatoms. The molecule has 8 aliphatic rings. The molecule has 0 aromatic carbocycles. The van der Waals surface area contributed by atoms with Crippen molar-refractivity contribution in [2.24, 2.45) is 41.4 Å². The molecular weight excluding hydrogens is 1440 g/mol. The van der Waals surface area contributed by atoms with Crippen LogP contribution in [0.15, 0.2) is 12.2 Å². The first kappa shape index (κ1) is 86.3. The lowest BCUT2D eigenvalue weighted by molar-refractivity contribution is -0.219. The second-order valence-electron chi connectivity index (χ2n) is 32.0. The molecular formula is C74H110F10N12O12. The van der Waals surface area contributed by atoms with E-state index in [1.54, 1.807) is 32.9 Å². The summed E-state index contributed by atoms with van der Waals surface area (Å²) < 4.78 is 147. The van der Waals surface area contributed by atoms with Gasteiger partial charge in [0.15, 0.2) is 0 Å². The smallest absolute Gasteiger partial charge is 0.344 e. The summed E-state index contributed by atoms with van der Waals surface area (Å²) >= 11 is 0. The zero-order chi connectivity index (χ0) is 80.0. The van der Waals surface area contributed by atoms with Crippen molar-refractivity contribution in [2.75, 3.05) is 82.1 Å². The molecule has 2 saturated heterocycles. The van der Waals surface area contributed by atoms with Crippen molar-refractivity contribution in [3.63, 3.8) is 0 Å². The number of halogens is 10. The maximum Gasteiger partial charge on any atom is 0.397 e. The third-order valence-electron chi connectivity index (χ3n) is 24.5. The van der Waals surface area contributed by atoms with Crippen molar-refractivity contribution in [1.29, 1.82) is 0 Å². The van der Waals surface area contributed by atoms with Crippen LogP contribution in [0, 0.1) is 41.4 Å². The molecule has 2 bridgehead atoms. The minimum Gasteiger partial charge on any atom is -0.344 e. The Bertz CT molecular complexity index is 3300. The lowest BCUT2D eigenvalue weighted by Gasteiger charge is -2.46. The number of fused-ring (bicyclic) bond motifs is 3. The molecule has 5 aliphatic carbocycles. The zero-order valence-electron chi connectivity index (χ0n) is 63.7. The molecule has 2 unspecified atom stereocenters. The van der Waals surface area contributed by atoms with Crippen LogP contribution in [0.25, 0.3) is 0 Å². The molecule has 5 saturated carbocycles. The van der Waals surface area contributed by atoms with Gasteiger partial charge < -0.3 is 60.0 Å². The molecule has 3 heterocycles. The van der Waals surface area contributed by atoms with Gasteiger partial charge in [0.25, 0.3) is 5.92 Å². The Hall–Kier alpha value is -7.32. The molecule has 7 fully saturated rings. The number of amides is 12. The molecule has 0 aromatic heterocycles. The quantitative estimate of drug-likeness (QED) is 0.136. The van der Waals surface area contributed by atoms with E-state index in [9.17, 15) is 59.9 Å². The highest BCUT2D eigenvalue weighted by Crippen LogP contribution is 2.46. The average Bonchev–Trinajstić information content (AvgIpc) is 1.19. The fourth-order valence-electron chi connectivity index (χ4n) is 17.0. The van der Waals surface area contributed by atoms with E-state index in [1.807, 2.05) is 0 Å². The summed E-state index contributed by atoms with van der Waals surface area (Å²) in [6.45, 7) is 1.87. The number of alkyl halides is 10. The van der Waals surface area contributed by atoms with Crippen molar-refractivity contribution >= 4 is 70.9 Å². The standard InChI is InChI=1S/C74H110F10N12O12/c1-11-42(3)60-68(106)90(6)40-58(99)91(7)51-21-14-13-17-32-95(67(51)105)54(36-44-24-27-47(28-25-44)73(79,80)81)66(104)89(5)39-56(97)85-50(29-26-45-33-48(75)59(49(76)34-45)74(82,83)84)64(102)96-41-72(77,78)38-55(96)63(101)87-71(30-18-31-71)70(108)94(10)61(46-19-15-16-20-46)69(107)93(9)53(65(103)88(4)12-2)37-57(98)92(8)52(62(100)86-60)35-43-22-23-43/h13-14,42-55,59-61H,11-12,15-41H2,1-10H3,(H,85,97)(H,86,100)(H,87,101)/b14-13-/t42-,44?,45?,47?,48?,49?,50-,51-,52-,53-,54-,55-,59?,60-,61-/m0/s1. The summed E-state index contributed by atoms with van der Waals surface area (Å²) in [7, 11) is 9.18. The summed E-state index contributed by atoms with van der Waals surface area (Å²) in [6.07, 6.45) is -14.0. The molecule has 11 atom stereocenters. The van der Waals surface area contributed by atoms with E-state index in [-0.39, 0.29) is 89.6 Å². The number of nitrogens with zero attached hydrogens (tertiary/aromatic N) is 9. The summed E-state index contributed by atoms with van der Waals surface area (Å²) in [4.78, 5) is 190. The highest BCUT2D eigenvalue weighted by Gasteiger charge is 2.58. The Labute approximate surface area is 625 Å². The topological polar surface area (TPSA) is 270 Å². The fourth-order valence-corrected chi connectivity index (χ4v) is 17.0. The van der Waals surface area contributed by atoms with Crippen molar-refractivity contribution in [1.82, 2.24) is 60.0 Å². The number of carbonyl (C=O) groups excluding carboxylic acids is 12. The molecule has 0 radical (unpaired) electrons. The van der Waals surface area contributed by atoms with Gasteiger partial charge in [-0.3, -0.25) is 57.5 Å². The van der Waals surface area contributed by atoms with Crippen LogP contribution in [0.2, 0.25) is 0 Å². The predicted molar refractivity (Wildman–Crippen MR) is 373 cm³/mol. The predicted octanol–water partition coefficient (Wildman–Crippen LogP) is 6.73. The Morgan fingerprint density at radius 3 is 1.77 bits per heavy atom. The van der Waals surface area contributed by atoms with Crippen LogP contribution in [-0.4, -0.2) is 282 Å². The van der Waals surface area contributed by atoms with E-state index in [4.69, 9.17) is 0 Å². The Balaban J connectivity index is 1.20. The maximum atomic E-state index is 16.2. The third-order valence-corrected chi connectivity index (χ3v) is 24.5. The fraction of sp³-hybridized carbons (Fsp3) is 0.811. The zero-order valence-corrected chi connectivity index (χ0v) is 63.7. The first-order chi connectivity index (χ1) is 50.5. The van der Waals surface area contributed by atoms with Crippen LogP contribution in [0.1, 0.15) is 175 Å². The van der Waals surface area contributed by atoms with Gasteiger partial charge in [-0.05, 0) is 146 Å². The monoisotopic (exact) mass is 1550 g/mol. The first-order valence-electron chi connectivity index (χ1n) is 38.3. The second kappa shape index (κ2) is 35.8. The van der Waals surface area contributed by atoms with Gasteiger partial charge >= 0.3 is 12.4 Å². The Morgan fingerprint density at radius 2 is 1.21 bits per heavy atom. The van der Waals surface area contributed by atoms with E-state index in [2.05, 4.69) is 16.0 Å². The van der Waals surface area contributed by atoms with Crippen LogP contribution in [0.4, 0.5) is 43.9 Å². The Kier molecular flexibility index (Phi) is 28.6. The number of hydrogen-bond acceptors (Lipinski definition) is 12. The van der Waals surface area contributed by atoms with Gasteiger partial charge in [-0.2, -0.15) is 26.3 Å². The molecule has 108 heavy (non-hydrogen) atoms. The highest BCUT2D eigenvalue weighted by atomic mass is 19.4.